The minimum Gasteiger partial charge on any atom is -0.297 e. The van der Waals surface area contributed by atoms with Crippen molar-refractivity contribution in [2.75, 3.05) is 0 Å². The van der Waals surface area contributed by atoms with Crippen LogP contribution in [0.25, 0.3) is 10.1 Å². The van der Waals surface area contributed by atoms with Gasteiger partial charge in [-0.2, -0.15) is 0 Å². The molecule has 122 valence electrons. The molecule has 0 unspecified atom stereocenters. The second-order valence-corrected chi connectivity index (χ2v) is 7.37. The lowest BCUT2D eigenvalue weighted by Crippen LogP contribution is -2.48. The maximum Gasteiger partial charge on any atom is 0.281 e. The monoisotopic (exact) mass is 395 g/mol. The molecule has 0 aliphatic carbocycles. The van der Waals surface area contributed by atoms with Crippen LogP contribution in [0.3, 0.4) is 0 Å². The maximum absolute atomic E-state index is 12.2. The third-order valence-electron chi connectivity index (χ3n) is 3.00. The Morgan fingerprint density at radius 3 is 2.54 bits per heavy atom. The number of nitrogens with one attached hydrogen (secondary N) is 3. The molecule has 3 aromatic rings. The lowest BCUT2D eigenvalue weighted by molar-refractivity contribution is 0.0939. The molecule has 0 saturated heterocycles. The minimum absolute atomic E-state index is 0.000941. The zero-order valence-corrected chi connectivity index (χ0v) is 15.2. The Bertz CT molecular complexity index is 921. The predicted octanol–water partition coefficient (Wildman–Crippen LogP) is 3.57. The number of hydrazine groups is 1. The Labute approximate surface area is 155 Å². The van der Waals surface area contributed by atoms with Crippen molar-refractivity contribution in [1.29, 1.82) is 0 Å². The number of halogens is 1. The van der Waals surface area contributed by atoms with Crippen LogP contribution in [-0.2, 0) is 0 Å². The summed E-state index contributed by atoms with van der Waals surface area (Å²) >= 11 is 13.8. The molecule has 0 aliphatic heterocycles. The van der Waals surface area contributed by atoms with Crippen LogP contribution in [0.2, 0.25) is 5.02 Å². The minimum atomic E-state index is -0.422. The lowest BCUT2D eigenvalue weighted by Gasteiger charge is -2.09. The van der Waals surface area contributed by atoms with E-state index in [0.29, 0.717) is 14.8 Å². The van der Waals surface area contributed by atoms with E-state index in [2.05, 4.69) is 16.2 Å². The van der Waals surface area contributed by atoms with Crippen molar-refractivity contribution >= 4 is 73.5 Å². The van der Waals surface area contributed by atoms with Crippen LogP contribution >= 0.6 is 46.5 Å². The normalized spacial score (nSPS) is 10.4. The number of benzene rings is 1. The first kappa shape index (κ1) is 16.8. The van der Waals surface area contributed by atoms with E-state index in [-0.39, 0.29) is 11.0 Å². The van der Waals surface area contributed by atoms with Crippen LogP contribution in [0.4, 0.5) is 0 Å². The molecule has 9 heteroatoms. The van der Waals surface area contributed by atoms with Crippen LogP contribution < -0.4 is 16.2 Å². The van der Waals surface area contributed by atoms with Gasteiger partial charge in [-0.3, -0.25) is 25.8 Å². The van der Waals surface area contributed by atoms with Gasteiger partial charge in [-0.05, 0) is 29.7 Å². The standard InChI is InChI=1S/C15H10ClN3O2S3/c16-11-8-4-1-2-5-9(8)24-12(11)14(21)18-19-15(22)17-13(20)10-6-3-7-23-10/h1-7H,(H,18,21)(H2,17,19,20,22). The molecule has 0 aliphatic rings. The zero-order valence-electron chi connectivity index (χ0n) is 12.0. The third-order valence-corrected chi connectivity index (χ3v) is 5.75. The van der Waals surface area contributed by atoms with E-state index in [1.54, 1.807) is 17.5 Å². The molecule has 2 amide bonds. The number of amides is 2. The van der Waals surface area contributed by atoms with Crippen LogP contribution in [0.1, 0.15) is 19.3 Å². The fourth-order valence-corrected chi connectivity index (χ4v) is 4.11. The van der Waals surface area contributed by atoms with Gasteiger partial charge in [0.05, 0.1) is 9.90 Å². The van der Waals surface area contributed by atoms with E-state index >= 15 is 0 Å². The summed E-state index contributed by atoms with van der Waals surface area (Å²) in [6.45, 7) is 0. The van der Waals surface area contributed by atoms with Gasteiger partial charge in [0.15, 0.2) is 5.11 Å². The quantitative estimate of drug-likeness (QED) is 0.458. The molecule has 1 aromatic carbocycles. The maximum atomic E-state index is 12.2. The number of rotatable bonds is 2. The van der Waals surface area contributed by atoms with Crippen molar-refractivity contribution in [2.45, 2.75) is 0 Å². The molecule has 24 heavy (non-hydrogen) atoms. The SMILES string of the molecule is O=C(NC(=S)NNC(=O)c1sc2ccccc2c1Cl)c1cccs1. The molecule has 0 atom stereocenters. The summed E-state index contributed by atoms with van der Waals surface area (Å²) in [5, 5.41) is 5.48. The Morgan fingerprint density at radius 1 is 1.04 bits per heavy atom. The van der Waals surface area contributed by atoms with Crippen molar-refractivity contribution in [3.8, 4) is 0 Å². The van der Waals surface area contributed by atoms with Gasteiger partial charge in [-0.15, -0.1) is 22.7 Å². The van der Waals surface area contributed by atoms with Crippen molar-refractivity contribution in [1.82, 2.24) is 16.2 Å². The number of carbonyl (C=O) groups excluding carboxylic acids is 2. The highest BCUT2D eigenvalue weighted by Crippen LogP contribution is 2.34. The van der Waals surface area contributed by atoms with Gasteiger partial charge in [-0.1, -0.05) is 35.9 Å². The van der Waals surface area contributed by atoms with E-state index in [0.717, 1.165) is 10.1 Å². The van der Waals surface area contributed by atoms with Crippen LogP contribution in [0.5, 0.6) is 0 Å². The Morgan fingerprint density at radius 2 is 1.83 bits per heavy atom. The number of hydrogen-bond acceptors (Lipinski definition) is 5. The summed E-state index contributed by atoms with van der Waals surface area (Å²) in [4.78, 5) is 25.0. The number of thiocarbonyl (C=S) groups is 1. The molecule has 5 nitrogen and oxygen atoms in total. The fraction of sp³-hybridized carbons (Fsp3) is 0. The summed E-state index contributed by atoms with van der Waals surface area (Å²) < 4.78 is 0.918. The zero-order chi connectivity index (χ0) is 17.1. The molecule has 0 spiro atoms. The number of carbonyl (C=O) groups is 2. The molecule has 3 N–H and O–H groups in total. The molecular formula is C15H10ClN3O2S3. The first-order valence-electron chi connectivity index (χ1n) is 6.68. The molecule has 0 radical (unpaired) electrons. The van der Waals surface area contributed by atoms with Gasteiger partial charge in [-0.25, -0.2) is 0 Å². The van der Waals surface area contributed by atoms with E-state index < -0.39 is 5.91 Å². The van der Waals surface area contributed by atoms with Crippen molar-refractivity contribution in [2.24, 2.45) is 0 Å². The summed E-state index contributed by atoms with van der Waals surface area (Å²) in [7, 11) is 0. The van der Waals surface area contributed by atoms with Crippen molar-refractivity contribution < 1.29 is 9.59 Å². The Hall–Kier alpha value is -2.00. The molecule has 0 saturated carbocycles. The van der Waals surface area contributed by atoms with Gasteiger partial charge in [0.1, 0.15) is 4.88 Å². The molecular weight excluding hydrogens is 386 g/mol. The number of hydrogen-bond donors (Lipinski definition) is 3. The highest BCUT2D eigenvalue weighted by molar-refractivity contribution is 7.80. The number of thiophene rings is 2. The largest absolute Gasteiger partial charge is 0.297 e. The van der Waals surface area contributed by atoms with Crippen molar-refractivity contribution in [3.05, 3.63) is 56.6 Å². The highest BCUT2D eigenvalue weighted by Gasteiger charge is 2.17. The second kappa shape index (κ2) is 7.27. The highest BCUT2D eigenvalue weighted by atomic mass is 35.5. The summed E-state index contributed by atoms with van der Waals surface area (Å²) in [5.74, 6) is -0.759. The topological polar surface area (TPSA) is 70.2 Å². The second-order valence-electron chi connectivity index (χ2n) is 4.58. The predicted molar refractivity (Wildman–Crippen MR) is 102 cm³/mol. The van der Waals surface area contributed by atoms with E-state index in [1.165, 1.54) is 22.7 Å². The average Bonchev–Trinajstić information content (AvgIpc) is 3.21. The molecule has 0 bridgehead atoms. The van der Waals surface area contributed by atoms with Gasteiger partial charge in [0.25, 0.3) is 11.8 Å². The lowest BCUT2D eigenvalue weighted by atomic mass is 10.2. The molecule has 0 fully saturated rings. The fourth-order valence-electron chi connectivity index (χ4n) is 1.93. The number of fused-ring (bicyclic) bond motifs is 1. The van der Waals surface area contributed by atoms with E-state index in [9.17, 15) is 9.59 Å². The smallest absolute Gasteiger partial charge is 0.281 e. The Kier molecular flexibility index (Phi) is 5.10. The van der Waals surface area contributed by atoms with Crippen LogP contribution in [0.15, 0.2) is 41.8 Å². The molecule has 2 heterocycles. The third kappa shape index (κ3) is 3.57. The average molecular weight is 396 g/mol. The summed E-state index contributed by atoms with van der Waals surface area (Å²) in [5.41, 5.74) is 4.93. The van der Waals surface area contributed by atoms with E-state index in [4.69, 9.17) is 23.8 Å². The van der Waals surface area contributed by atoms with Gasteiger partial charge in [0.2, 0.25) is 0 Å². The van der Waals surface area contributed by atoms with E-state index in [1.807, 2.05) is 24.3 Å². The van der Waals surface area contributed by atoms with Crippen molar-refractivity contribution in [3.63, 3.8) is 0 Å². The summed E-state index contributed by atoms with van der Waals surface area (Å²) in [6.07, 6.45) is 0. The van der Waals surface area contributed by atoms with Crippen LogP contribution in [-0.4, -0.2) is 16.9 Å². The summed E-state index contributed by atoms with van der Waals surface area (Å²) in [6, 6.07) is 10.9. The first-order valence-corrected chi connectivity index (χ1v) is 9.16. The van der Waals surface area contributed by atoms with Gasteiger partial charge in [0, 0.05) is 10.1 Å². The van der Waals surface area contributed by atoms with Gasteiger partial charge >= 0.3 is 0 Å². The molecule has 2 aromatic heterocycles. The molecule has 3 rings (SSSR count). The van der Waals surface area contributed by atoms with Gasteiger partial charge < -0.3 is 0 Å². The van der Waals surface area contributed by atoms with Crippen LogP contribution in [0, 0.1) is 0 Å². The first-order chi connectivity index (χ1) is 11.6. The Balaban J connectivity index is 1.61.